The molecule has 1 fully saturated rings. The van der Waals surface area contributed by atoms with E-state index in [-0.39, 0.29) is 18.3 Å². The van der Waals surface area contributed by atoms with Gasteiger partial charge in [0.15, 0.2) is 11.6 Å². The summed E-state index contributed by atoms with van der Waals surface area (Å²) in [4.78, 5) is 22.6. The monoisotopic (exact) mass is 519 g/mol. The van der Waals surface area contributed by atoms with Gasteiger partial charge >= 0.3 is 0 Å². The average molecular weight is 520 g/mol. The third-order valence-electron chi connectivity index (χ3n) is 5.68. The molecule has 0 unspecified atom stereocenters. The molecule has 0 bridgehead atoms. The van der Waals surface area contributed by atoms with E-state index in [2.05, 4.69) is 40.5 Å². The number of nitrogens with one attached hydrogen (secondary N) is 1. The molecule has 0 radical (unpaired) electrons. The maximum Gasteiger partial charge on any atom is 0.270 e. The number of ether oxygens (including phenoxy) is 1. The fraction of sp³-hybridized carbons (Fsp3) is 0.240. The Morgan fingerprint density at radius 3 is 2.70 bits per heavy atom. The topological polar surface area (TPSA) is 114 Å². The minimum absolute atomic E-state index is 0.0942. The molecular weight excluding hydrogens is 497 g/mol. The minimum Gasteiger partial charge on any atom is -0.378 e. The van der Waals surface area contributed by atoms with Crippen molar-refractivity contribution in [1.82, 2.24) is 24.9 Å². The highest BCUT2D eigenvalue weighted by molar-refractivity contribution is 6.33. The minimum atomic E-state index is -0.496. The summed E-state index contributed by atoms with van der Waals surface area (Å²) in [5, 5.41) is 12.1. The van der Waals surface area contributed by atoms with Crippen LogP contribution in [0.5, 0.6) is 0 Å². The van der Waals surface area contributed by atoms with Gasteiger partial charge in [-0.05, 0) is 42.8 Å². The molecule has 188 valence electrons. The lowest BCUT2D eigenvalue weighted by Gasteiger charge is -2.27. The Labute approximate surface area is 217 Å². The van der Waals surface area contributed by atoms with E-state index >= 15 is 0 Å². The van der Waals surface area contributed by atoms with Gasteiger partial charge in [-0.1, -0.05) is 11.6 Å². The zero-order valence-electron chi connectivity index (χ0n) is 20.0. The van der Waals surface area contributed by atoms with E-state index in [0.717, 1.165) is 34.4 Å². The molecule has 1 aromatic carbocycles. The number of aryl methyl sites for hydroxylation is 1. The first-order chi connectivity index (χ1) is 18.1. The number of rotatable bonds is 7. The third kappa shape index (κ3) is 6.01. The van der Waals surface area contributed by atoms with Crippen molar-refractivity contribution < 1.29 is 9.13 Å². The zero-order valence-corrected chi connectivity index (χ0v) is 20.7. The van der Waals surface area contributed by atoms with Gasteiger partial charge in [-0.25, -0.2) is 19.3 Å². The third-order valence-corrected chi connectivity index (χ3v) is 5.97. The maximum atomic E-state index is 14.2. The number of pyridine rings is 1. The lowest BCUT2D eigenvalue weighted by molar-refractivity contribution is 0.122. The Balaban J connectivity index is 1.23. The van der Waals surface area contributed by atoms with Crippen LogP contribution in [-0.2, 0) is 11.3 Å². The fourth-order valence-electron chi connectivity index (χ4n) is 3.81. The summed E-state index contributed by atoms with van der Waals surface area (Å²) >= 11 is 6.56. The number of halogens is 2. The molecule has 37 heavy (non-hydrogen) atoms. The normalized spacial score (nSPS) is 13.8. The average Bonchev–Trinajstić information content (AvgIpc) is 2.93. The molecule has 3 aromatic heterocycles. The van der Waals surface area contributed by atoms with Gasteiger partial charge in [-0.2, -0.15) is 10.1 Å². The maximum absolute atomic E-state index is 14.2. The van der Waals surface area contributed by atoms with Gasteiger partial charge < -0.3 is 15.0 Å². The quantitative estimate of drug-likeness (QED) is 0.327. The number of anilines is 3. The molecule has 0 atom stereocenters. The van der Waals surface area contributed by atoms with Crippen molar-refractivity contribution in [3.8, 4) is 11.3 Å². The van der Waals surface area contributed by atoms with Crippen LogP contribution in [0, 0.1) is 12.7 Å². The van der Waals surface area contributed by atoms with Crippen LogP contribution in [0.15, 0.2) is 65.5 Å². The van der Waals surface area contributed by atoms with E-state index < -0.39 is 5.82 Å². The molecule has 12 heteroatoms. The predicted molar refractivity (Wildman–Crippen MR) is 138 cm³/mol. The van der Waals surface area contributed by atoms with Crippen LogP contribution in [0.4, 0.5) is 27.5 Å². The van der Waals surface area contributed by atoms with Crippen molar-refractivity contribution in [1.29, 1.82) is 0 Å². The van der Waals surface area contributed by atoms with Crippen molar-refractivity contribution >= 4 is 34.7 Å². The number of nitrogens with zero attached hydrogens (tertiary/aromatic N) is 8. The van der Waals surface area contributed by atoms with E-state index in [1.165, 1.54) is 6.33 Å². The SMILES string of the molecule is Cc1cc(-c2ccncn2)cc(Cl)c1Nc1ccc(CN=Nc2ncc(F)c(N3CCOCC3)n2)nc1. The van der Waals surface area contributed by atoms with E-state index in [1.54, 1.807) is 12.4 Å². The second kappa shape index (κ2) is 11.3. The summed E-state index contributed by atoms with van der Waals surface area (Å²) in [5.41, 5.74) is 4.95. The van der Waals surface area contributed by atoms with Crippen molar-refractivity contribution in [2.24, 2.45) is 10.2 Å². The highest BCUT2D eigenvalue weighted by atomic mass is 35.5. The summed E-state index contributed by atoms with van der Waals surface area (Å²) in [6.45, 7) is 4.37. The predicted octanol–water partition coefficient (Wildman–Crippen LogP) is 5.29. The highest BCUT2D eigenvalue weighted by Gasteiger charge is 2.17. The summed E-state index contributed by atoms with van der Waals surface area (Å²) in [6, 6.07) is 9.44. The summed E-state index contributed by atoms with van der Waals surface area (Å²) in [5.74, 6) is -0.193. The number of hydrogen-bond donors (Lipinski definition) is 1. The van der Waals surface area contributed by atoms with Crippen molar-refractivity contribution in [2.75, 3.05) is 36.5 Å². The Hall–Kier alpha value is -4.09. The molecule has 4 heterocycles. The summed E-state index contributed by atoms with van der Waals surface area (Å²) < 4.78 is 19.5. The van der Waals surface area contributed by atoms with Crippen LogP contribution in [0.3, 0.4) is 0 Å². The van der Waals surface area contributed by atoms with Gasteiger partial charge in [0, 0.05) is 24.8 Å². The second-order valence-electron chi connectivity index (χ2n) is 8.25. The second-order valence-corrected chi connectivity index (χ2v) is 8.66. The molecule has 0 saturated carbocycles. The molecule has 1 aliphatic heterocycles. The number of aromatic nitrogens is 5. The zero-order chi connectivity index (χ0) is 25.6. The Kier molecular flexibility index (Phi) is 7.52. The molecule has 10 nitrogen and oxygen atoms in total. The molecule has 1 N–H and O–H groups in total. The molecule has 1 aliphatic rings. The Bertz CT molecular complexity index is 1370. The van der Waals surface area contributed by atoms with Crippen LogP contribution in [0.2, 0.25) is 5.02 Å². The lowest BCUT2D eigenvalue weighted by Crippen LogP contribution is -2.37. The molecule has 0 spiro atoms. The van der Waals surface area contributed by atoms with Crippen LogP contribution in [0.1, 0.15) is 11.3 Å². The molecular formula is C25H23ClFN9O. The largest absolute Gasteiger partial charge is 0.378 e. The van der Waals surface area contributed by atoms with Crippen LogP contribution in [0.25, 0.3) is 11.3 Å². The molecule has 4 aromatic rings. The Morgan fingerprint density at radius 1 is 1.11 bits per heavy atom. The van der Waals surface area contributed by atoms with E-state index in [9.17, 15) is 4.39 Å². The van der Waals surface area contributed by atoms with Crippen molar-refractivity contribution in [3.63, 3.8) is 0 Å². The van der Waals surface area contributed by atoms with E-state index in [4.69, 9.17) is 16.3 Å². The number of benzene rings is 1. The standard InChI is InChI=1S/C25H23ClFN9O/c1-16-10-17(22-4-5-28-15-31-22)11-20(26)23(16)33-19-3-2-18(29-12-19)13-32-35-25-30-14-21(27)24(34-25)36-6-8-37-9-7-36/h2-5,10-12,14-15,33H,6-9,13H2,1H3. The smallest absolute Gasteiger partial charge is 0.270 e. The van der Waals surface area contributed by atoms with Gasteiger partial charge in [-0.3, -0.25) is 4.98 Å². The molecule has 0 aliphatic carbocycles. The van der Waals surface area contributed by atoms with Crippen molar-refractivity contribution in [2.45, 2.75) is 13.5 Å². The van der Waals surface area contributed by atoms with Crippen LogP contribution in [-0.4, -0.2) is 51.2 Å². The number of azo groups is 1. The first-order valence-corrected chi connectivity index (χ1v) is 12.0. The first-order valence-electron chi connectivity index (χ1n) is 11.6. The fourth-order valence-corrected chi connectivity index (χ4v) is 4.13. The van der Waals surface area contributed by atoms with Crippen LogP contribution < -0.4 is 10.2 Å². The molecule has 1 saturated heterocycles. The molecule has 5 rings (SSSR count). The summed E-state index contributed by atoms with van der Waals surface area (Å²) in [6.07, 6.45) is 6.01. The van der Waals surface area contributed by atoms with Gasteiger partial charge in [0.1, 0.15) is 12.9 Å². The van der Waals surface area contributed by atoms with Gasteiger partial charge in [0.25, 0.3) is 5.95 Å². The van der Waals surface area contributed by atoms with Gasteiger partial charge in [-0.15, -0.1) is 5.11 Å². The number of hydrogen-bond acceptors (Lipinski definition) is 10. The Morgan fingerprint density at radius 2 is 1.97 bits per heavy atom. The molecule has 0 amide bonds. The number of morpholine rings is 1. The van der Waals surface area contributed by atoms with E-state index in [1.807, 2.05) is 42.2 Å². The highest BCUT2D eigenvalue weighted by Crippen LogP contribution is 2.33. The van der Waals surface area contributed by atoms with E-state index in [0.29, 0.717) is 37.0 Å². The lowest BCUT2D eigenvalue weighted by atomic mass is 10.1. The van der Waals surface area contributed by atoms with Gasteiger partial charge in [0.05, 0.1) is 53.4 Å². The summed E-state index contributed by atoms with van der Waals surface area (Å²) in [7, 11) is 0. The first kappa shape index (κ1) is 24.6. The van der Waals surface area contributed by atoms with Crippen molar-refractivity contribution in [3.05, 3.63) is 77.3 Å². The van der Waals surface area contributed by atoms with Gasteiger partial charge in [0.2, 0.25) is 0 Å². The van der Waals surface area contributed by atoms with Crippen LogP contribution >= 0.6 is 11.6 Å².